The first-order chi connectivity index (χ1) is 18.3. The second-order valence-electron chi connectivity index (χ2n) is 9.67. The summed E-state index contributed by atoms with van der Waals surface area (Å²) in [4.78, 5) is 39.8. The lowest BCUT2D eigenvalue weighted by molar-refractivity contribution is -0.137. The molecule has 3 aromatic rings. The van der Waals surface area contributed by atoms with Gasteiger partial charge in [-0.3, -0.25) is 19.3 Å². The molecule has 0 fully saturated rings. The number of carbonyl (C=O) groups excluding carboxylic acids is 3. The molecule has 0 aliphatic rings. The number of nitrogens with two attached hydrogens (primary N) is 1. The number of nitrogens with zero attached hydrogens (tertiary/aromatic N) is 1. The van der Waals surface area contributed by atoms with Crippen LogP contribution in [0.1, 0.15) is 59.8 Å². The van der Waals surface area contributed by atoms with Gasteiger partial charge in [0.2, 0.25) is 5.78 Å². The molecular weight excluding hydrogens is 474 g/mol. The third kappa shape index (κ3) is 8.25. The second kappa shape index (κ2) is 14.1. The molecule has 3 aromatic carbocycles. The standard InChI is InChI=1S/C32H37N3O3/c1-4-20-35(23(2)3)22-26-16-14-24(15-17-26)18-19-27-12-8-9-13-28(27)32(38)34-29(30(36)31(33)37)21-25-10-6-5-7-11-25/h5-19,23,29H,4,20-22H2,1-3H3,(H2,33,37)(H,34,38)/b19-18+. The Morgan fingerprint density at radius 1 is 0.868 bits per heavy atom. The molecule has 2 amide bonds. The predicted molar refractivity (Wildman–Crippen MR) is 153 cm³/mol. The van der Waals surface area contributed by atoms with Crippen LogP contribution < -0.4 is 11.1 Å². The molecular formula is C32H37N3O3. The summed E-state index contributed by atoms with van der Waals surface area (Å²) in [5, 5.41) is 2.72. The molecule has 1 unspecified atom stereocenters. The normalized spacial score (nSPS) is 12.1. The Morgan fingerprint density at radius 2 is 1.53 bits per heavy atom. The van der Waals surface area contributed by atoms with Gasteiger partial charge in [0.15, 0.2) is 0 Å². The zero-order valence-electron chi connectivity index (χ0n) is 22.4. The van der Waals surface area contributed by atoms with Crippen molar-refractivity contribution in [2.24, 2.45) is 5.73 Å². The number of hydrogen-bond acceptors (Lipinski definition) is 4. The van der Waals surface area contributed by atoms with E-state index >= 15 is 0 Å². The molecule has 3 rings (SSSR count). The lowest BCUT2D eigenvalue weighted by atomic mass is 10.00. The predicted octanol–water partition coefficient (Wildman–Crippen LogP) is 4.87. The lowest BCUT2D eigenvalue weighted by Crippen LogP contribution is -2.47. The van der Waals surface area contributed by atoms with Gasteiger partial charge in [-0.05, 0) is 55.1 Å². The van der Waals surface area contributed by atoms with Crippen LogP contribution in [-0.4, -0.2) is 41.1 Å². The molecule has 0 saturated heterocycles. The van der Waals surface area contributed by atoms with Crippen molar-refractivity contribution in [3.05, 3.63) is 107 Å². The fourth-order valence-electron chi connectivity index (χ4n) is 4.28. The minimum atomic E-state index is -1.07. The fraction of sp³-hybridized carbons (Fsp3) is 0.281. The van der Waals surface area contributed by atoms with Crippen molar-refractivity contribution in [2.45, 2.75) is 52.2 Å². The van der Waals surface area contributed by atoms with Crippen molar-refractivity contribution in [2.75, 3.05) is 6.54 Å². The fourth-order valence-corrected chi connectivity index (χ4v) is 4.28. The lowest BCUT2D eigenvalue weighted by Gasteiger charge is -2.26. The van der Waals surface area contributed by atoms with E-state index < -0.39 is 23.6 Å². The van der Waals surface area contributed by atoms with Crippen molar-refractivity contribution >= 4 is 29.7 Å². The van der Waals surface area contributed by atoms with E-state index in [2.05, 4.69) is 55.3 Å². The first-order valence-corrected chi connectivity index (χ1v) is 13.1. The summed E-state index contributed by atoms with van der Waals surface area (Å²) in [7, 11) is 0. The minimum Gasteiger partial charge on any atom is -0.363 e. The molecule has 3 N–H and O–H groups in total. The van der Waals surface area contributed by atoms with Gasteiger partial charge in [0.1, 0.15) is 6.04 Å². The first kappa shape index (κ1) is 28.5. The van der Waals surface area contributed by atoms with Crippen molar-refractivity contribution in [3.8, 4) is 0 Å². The van der Waals surface area contributed by atoms with Gasteiger partial charge in [-0.25, -0.2) is 0 Å². The SMILES string of the molecule is CCCN(Cc1ccc(/C=C/c2ccccc2C(=O)NC(Cc2ccccc2)C(=O)C(N)=O)cc1)C(C)C. The Morgan fingerprint density at radius 3 is 2.16 bits per heavy atom. The zero-order valence-corrected chi connectivity index (χ0v) is 22.4. The highest BCUT2D eigenvalue weighted by atomic mass is 16.2. The zero-order chi connectivity index (χ0) is 27.5. The Labute approximate surface area is 225 Å². The van der Waals surface area contributed by atoms with E-state index in [9.17, 15) is 14.4 Å². The van der Waals surface area contributed by atoms with Crippen LogP contribution in [0.4, 0.5) is 0 Å². The number of carbonyl (C=O) groups is 3. The van der Waals surface area contributed by atoms with Crippen LogP contribution in [0.2, 0.25) is 0 Å². The molecule has 1 atom stereocenters. The molecule has 0 heterocycles. The molecule has 6 nitrogen and oxygen atoms in total. The highest BCUT2D eigenvalue weighted by Crippen LogP contribution is 2.16. The van der Waals surface area contributed by atoms with Gasteiger partial charge in [0.05, 0.1) is 0 Å². The average Bonchev–Trinajstić information content (AvgIpc) is 2.92. The van der Waals surface area contributed by atoms with Crippen molar-refractivity contribution in [1.29, 1.82) is 0 Å². The van der Waals surface area contributed by atoms with Gasteiger partial charge in [0, 0.05) is 24.6 Å². The Kier molecular flexibility index (Phi) is 10.6. The van der Waals surface area contributed by atoms with E-state index in [1.807, 2.05) is 54.6 Å². The van der Waals surface area contributed by atoms with E-state index in [4.69, 9.17) is 5.73 Å². The first-order valence-electron chi connectivity index (χ1n) is 13.1. The smallest absolute Gasteiger partial charge is 0.287 e. The molecule has 6 heteroatoms. The number of benzene rings is 3. The van der Waals surface area contributed by atoms with E-state index in [1.54, 1.807) is 12.1 Å². The monoisotopic (exact) mass is 511 g/mol. The third-order valence-electron chi connectivity index (χ3n) is 6.41. The van der Waals surface area contributed by atoms with Gasteiger partial charge in [-0.2, -0.15) is 0 Å². The summed E-state index contributed by atoms with van der Waals surface area (Å²) in [5.41, 5.74) is 9.45. The Bertz CT molecular complexity index is 1250. The molecule has 0 aliphatic carbocycles. The van der Waals surface area contributed by atoms with Crippen LogP contribution in [0.25, 0.3) is 12.2 Å². The molecule has 38 heavy (non-hydrogen) atoms. The van der Waals surface area contributed by atoms with Crippen molar-refractivity contribution in [1.82, 2.24) is 10.2 Å². The van der Waals surface area contributed by atoms with Gasteiger partial charge in [-0.1, -0.05) is 91.9 Å². The molecule has 0 aromatic heterocycles. The van der Waals surface area contributed by atoms with Gasteiger partial charge in [-0.15, -0.1) is 0 Å². The van der Waals surface area contributed by atoms with E-state index in [1.165, 1.54) is 5.56 Å². The van der Waals surface area contributed by atoms with E-state index in [0.717, 1.165) is 30.6 Å². The maximum atomic E-state index is 13.2. The maximum absolute atomic E-state index is 13.2. The third-order valence-corrected chi connectivity index (χ3v) is 6.41. The number of Topliss-reactive ketones (excluding diaryl/α,β-unsaturated/α-hetero) is 1. The van der Waals surface area contributed by atoms with Crippen LogP contribution in [-0.2, 0) is 22.6 Å². The van der Waals surface area contributed by atoms with Crippen LogP contribution in [0.3, 0.4) is 0 Å². The van der Waals surface area contributed by atoms with Crippen molar-refractivity contribution < 1.29 is 14.4 Å². The number of primary amides is 1. The Balaban J connectivity index is 1.74. The second-order valence-corrected chi connectivity index (χ2v) is 9.67. The van der Waals surface area contributed by atoms with Crippen LogP contribution in [0, 0.1) is 0 Å². The highest BCUT2D eigenvalue weighted by molar-refractivity contribution is 6.38. The van der Waals surface area contributed by atoms with Crippen LogP contribution in [0.5, 0.6) is 0 Å². The Hall–Kier alpha value is -4.03. The highest BCUT2D eigenvalue weighted by Gasteiger charge is 2.26. The summed E-state index contributed by atoms with van der Waals surface area (Å²) >= 11 is 0. The number of hydrogen-bond donors (Lipinski definition) is 2. The van der Waals surface area contributed by atoms with Crippen LogP contribution in [0.15, 0.2) is 78.9 Å². The summed E-state index contributed by atoms with van der Waals surface area (Å²) < 4.78 is 0. The average molecular weight is 512 g/mol. The summed E-state index contributed by atoms with van der Waals surface area (Å²) in [6.45, 7) is 8.60. The summed E-state index contributed by atoms with van der Waals surface area (Å²) in [6.07, 6.45) is 5.13. The molecule has 198 valence electrons. The number of rotatable bonds is 13. The summed E-state index contributed by atoms with van der Waals surface area (Å²) in [6, 6.07) is 24.2. The topological polar surface area (TPSA) is 92.5 Å². The van der Waals surface area contributed by atoms with Crippen molar-refractivity contribution in [3.63, 3.8) is 0 Å². The van der Waals surface area contributed by atoms with Gasteiger partial charge in [0.25, 0.3) is 11.8 Å². The van der Waals surface area contributed by atoms with Gasteiger partial charge < -0.3 is 11.1 Å². The molecule has 0 bridgehead atoms. The minimum absolute atomic E-state index is 0.172. The van der Waals surface area contributed by atoms with E-state index in [0.29, 0.717) is 17.2 Å². The molecule has 0 radical (unpaired) electrons. The maximum Gasteiger partial charge on any atom is 0.287 e. The number of ketones is 1. The molecule has 0 saturated carbocycles. The summed E-state index contributed by atoms with van der Waals surface area (Å²) in [5.74, 6) is -2.35. The molecule has 0 aliphatic heterocycles. The number of nitrogens with one attached hydrogen (secondary N) is 1. The largest absolute Gasteiger partial charge is 0.363 e. The number of amides is 2. The quantitative estimate of drug-likeness (QED) is 0.253. The molecule has 0 spiro atoms. The van der Waals surface area contributed by atoms with Crippen LogP contribution >= 0.6 is 0 Å². The van der Waals surface area contributed by atoms with E-state index in [-0.39, 0.29) is 6.42 Å². The van der Waals surface area contributed by atoms with Gasteiger partial charge >= 0.3 is 0 Å².